The van der Waals surface area contributed by atoms with Crippen molar-refractivity contribution in [2.75, 3.05) is 46.4 Å². The van der Waals surface area contributed by atoms with E-state index in [0.29, 0.717) is 24.5 Å². The van der Waals surface area contributed by atoms with E-state index in [-0.39, 0.29) is 18.4 Å². The molecule has 0 unspecified atom stereocenters. The lowest BCUT2D eigenvalue weighted by molar-refractivity contribution is -0.120. The molecule has 31 heavy (non-hydrogen) atoms. The predicted octanol–water partition coefficient (Wildman–Crippen LogP) is 1.88. The molecule has 1 heterocycles. The van der Waals surface area contributed by atoms with Crippen LogP contribution in [0.3, 0.4) is 0 Å². The van der Waals surface area contributed by atoms with Crippen molar-refractivity contribution < 1.29 is 14.3 Å². The molecule has 2 amide bonds. The zero-order valence-corrected chi connectivity index (χ0v) is 18.4. The Labute approximate surface area is 184 Å². The van der Waals surface area contributed by atoms with Gasteiger partial charge in [0, 0.05) is 39.3 Å². The molecule has 0 radical (unpaired) electrons. The summed E-state index contributed by atoms with van der Waals surface area (Å²) in [5.74, 6) is -0.0415. The average molecular weight is 425 g/mol. The van der Waals surface area contributed by atoms with Crippen molar-refractivity contribution in [3.8, 4) is 5.75 Å². The molecule has 1 aliphatic rings. The van der Waals surface area contributed by atoms with Crippen molar-refractivity contribution in [2.45, 2.75) is 20.0 Å². The molecule has 2 aromatic carbocycles. The van der Waals surface area contributed by atoms with Gasteiger partial charge in [0.1, 0.15) is 5.75 Å². The van der Waals surface area contributed by atoms with Crippen LogP contribution < -0.4 is 15.4 Å². The van der Waals surface area contributed by atoms with Crippen molar-refractivity contribution in [3.63, 3.8) is 0 Å². The van der Waals surface area contributed by atoms with Crippen molar-refractivity contribution in [2.24, 2.45) is 0 Å². The third-order valence-electron chi connectivity index (χ3n) is 5.32. The van der Waals surface area contributed by atoms with E-state index in [1.165, 1.54) is 5.56 Å². The second kappa shape index (κ2) is 11.5. The van der Waals surface area contributed by atoms with Crippen LogP contribution in [0.2, 0.25) is 0 Å². The molecule has 1 saturated heterocycles. The smallest absolute Gasteiger partial charge is 0.255 e. The van der Waals surface area contributed by atoms with Crippen molar-refractivity contribution >= 4 is 11.8 Å². The van der Waals surface area contributed by atoms with Gasteiger partial charge in [0.25, 0.3) is 5.91 Å². The third-order valence-corrected chi connectivity index (χ3v) is 5.32. The number of nitrogens with one attached hydrogen (secondary N) is 2. The second-order valence-corrected chi connectivity index (χ2v) is 7.79. The molecular weight excluding hydrogens is 392 g/mol. The minimum absolute atomic E-state index is 0.0831. The molecule has 0 saturated carbocycles. The molecule has 1 aliphatic heterocycles. The van der Waals surface area contributed by atoms with E-state index in [9.17, 15) is 9.59 Å². The maximum absolute atomic E-state index is 12.4. The van der Waals surface area contributed by atoms with Crippen LogP contribution in [0.1, 0.15) is 28.4 Å². The monoisotopic (exact) mass is 424 g/mol. The largest absolute Gasteiger partial charge is 0.493 e. The number of ether oxygens (including phenoxy) is 1. The first-order valence-corrected chi connectivity index (χ1v) is 10.8. The molecule has 2 N–H and O–H groups in total. The van der Waals surface area contributed by atoms with E-state index < -0.39 is 0 Å². The fourth-order valence-corrected chi connectivity index (χ4v) is 3.56. The van der Waals surface area contributed by atoms with Gasteiger partial charge < -0.3 is 20.3 Å². The van der Waals surface area contributed by atoms with Gasteiger partial charge in [0.05, 0.1) is 18.7 Å². The number of likely N-dealkylation sites (N-methyl/N-ethyl adjacent to an activating group) is 1. The van der Waals surface area contributed by atoms with Gasteiger partial charge in [-0.3, -0.25) is 14.5 Å². The number of carbonyl (C=O) groups excluding carboxylic acids is 2. The Kier molecular flexibility index (Phi) is 8.44. The Hall–Kier alpha value is -2.90. The lowest BCUT2D eigenvalue weighted by atomic mass is 10.1. The van der Waals surface area contributed by atoms with E-state index in [0.717, 1.165) is 38.3 Å². The number of para-hydroxylation sites is 1. The first kappa shape index (κ1) is 22.8. The highest BCUT2D eigenvalue weighted by molar-refractivity contribution is 5.98. The van der Waals surface area contributed by atoms with Gasteiger partial charge >= 0.3 is 0 Å². The van der Waals surface area contributed by atoms with Gasteiger partial charge in [0.2, 0.25) is 5.91 Å². The highest BCUT2D eigenvalue weighted by atomic mass is 16.5. The molecule has 7 heteroatoms. The van der Waals surface area contributed by atoms with E-state index in [1.807, 2.05) is 25.1 Å². The summed E-state index contributed by atoms with van der Waals surface area (Å²) < 4.78 is 5.47. The fourth-order valence-electron chi connectivity index (χ4n) is 3.56. The number of hydrogen-bond donors (Lipinski definition) is 2. The zero-order valence-electron chi connectivity index (χ0n) is 18.4. The second-order valence-electron chi connectivity index (χ2n) is 7.79. The standard InChI is InChI=1S/C24H32N4O3/c1-3-31-22-10-5-4-9-21(22)24(30)26-17-23(29)25-16-19-7-6-8-20(15-19)18-28-13-11-27(2)12-14-28/h4-10,15H,3,11-14,16-18H2,1-2H3,(H,25,29)(H,26,30). The molecule has 0 atom stereocenters. The number of nitrogens with zero attached hydrogens (tertiary/aromatic N) is 2. The van der Waals surface area contributed by atoms with E-state index in [2.05, 4.69) is 39.6 Å². The average Bonchev–Trinajstić information content (AvgIpc) is 2.78. The summed E-state index contributed by atoms with van der Waals surface area (Å²) in [6, 6.07) is 15.3. The van der Waals surface area contributed by atoms with Gasteiger partial charge in [-0.25, -0.2) is 0 Å². The van der Waals surface area contributed by atoms with Crippen LogP contribution in [0, 0.1) is 0 Å². The molecule has 0 spiro atoms. The minimum atomic E-state index is -0.326. The maximum atomic E-state index is 12.4. The van der Waals surface area contributed by atoms with Crippen LogP contribution in [0.5, 0.6) is 5.75 Å². The summed E-state index contributed by atoms with van der Waals surface area (Å²) >= 11 is 0. The van der Waals surface area contributed by atoms with Crippen LogP contribution >= 0.6 is 0 Å². The zero-order chi connectivity index (χ0) is 22.1. The fraction of sp³-hybridized carbons (Fsp3) is 0.417. The van der Waals surface area contributed by atoms with Crippen LogP contribution in [0.15, 0.2) is 48.5 Å². The summed E-state index contributed by atoms with van der Waals surface area (Å²) in [5, 5.41) is 5.54. The topological polar surface area (TPSA) is 73.9 Å². The predicted molar refractivity (Wildman–Crippen MR) is 121 cm³/mol. The summed E-state index contributed by atoms with van der Waals surface area (Å²) in [4.78, 5) is 29.4. The lowest BCUT2D eigenvalue weighted by Gasteiger charge is -2.32. The molecule has 2 aromatic rings. The van der Waals surface area contributed by atoms with Crippen LogP contribution in [0.25, 0.3) is 0 Å². The van der Waals surface area contributed by atoms with Crippen molar-refractivity contribution in [3.05, 3.63) is 65.2 Å². The van der Waals surface area contributed by atoms with Gasteiger partial charge in [-0.1, -0.05) is 36.4 Å². The normalized spacial score (nSPS) is 14.8. The number of amides is 2. The van der Waals surface area contributed by atoms with E-state index >= 15 is 0 Å². The Morgan fingerprint density at radius 1 is 0.968 bits per heavy atom. The highest BCUT2D eigenvalue weighted by Gasteiger charge is 2.15. The molecule has 3 rings (SSSR count). The summed E-state index contributed by atoms with van der Waals surface area (Å²) in [6.07, 6.45) is 0. The lowest BCUT2D eigenvalue weighted by Crippen LogP contribution is -2.43. The van der Waals surface area contributed by atoms with Crippen molar-refractivity contribution in [1.82, 2.24) is 20.4 Å². The number of benzene rings is 2. The molecule has 7 nitrogen and oxygen atoms in total. The van der Waals surface area contributed by atoms with Crippen LogP contribution in [0.4, 0.5) is 0 Å². The summed E-state index contributed by atoms with van der Waals surface area (Å²) in [7, 11) is 2.15. The maximum Gasteiger partial charge on any atom is 0.255 e. The Morgan fingerprint density at radius 2 is 1.71 bits per heavy atom. The van der Waals surface area contributed by atoms with E-state index in [4.69, 9.17) is 4.74 Å². The molecule has 166 valence electrons. The summed E-state index contributed by atoms with van der Waals surface area (Å²) in [6.45, 7) is 7.94. The minimum Gasteiger partial charge on any atom is -0.493 e. The highest BCUT2D eigenvalue weighted by Crippen LogP contribution is 2.17. The Balaban J connectivity index is 1.45. The summed E-state index contributed by atoms with van der Waals surface area (Å²) in [5.41, 5.74) is 2.72. The molecule has 1 fully saturated rings. The number of rotatable bonds is 9. The third kappa shape index (κ3) is 7.08. The Morgan fingerprint density at radius 3 is 2.48 bits per heavy atom. The van der Waals surface area contributed by atoms with Crippen molar-refractivity contribution in [1.29, 1.82) is 0 Å². The first-order chi connectivity index (χ1) is 15.0. The first-order valence-electron chi connectivity index (χ1n) is 10.8. The number of carbonyl (C=O) groups is 2. The number of piperazine rings is 1. The van der Waals surface area contributed by atoms with E-state index in [1.54, 1.807) is 18.2 Å². The van der Waals surface area contributed by atoms with Gasteiger partial charge in [0.15, 0.2) is 0 Å². The molecule has 0 aliphatic carbocycles. The molecule has 0 bridgehead atoms. The van der Waals surface area contributed by atoms with Crippen LogP contribution in [-0.2, 0) is 17.9 Å². The Bertz CT molecular complexity index is 879. The molecule has 0 aromatic heterocycles. The van der Waals surface area contributed by atoms with Gasteiger partial charge in [-0.05, 0) is 37.2 Å². The van der Waals surface area contributed by atoms with Gasteiger partial charge in [-0.2, -0.15) is 0 Å². The number of hydrogen-bond acceptors (Lipinski definition) is 5. The SMILES string of the molecule is CCOc1ccccc1C(=O)NCC(=O)NCc1cccc(CN2CCN(C)CC2)c1. The van der Waals surface area contributed by atoms with Crippen LogP contribution in [-0.4, -0.2) is 68.0 Å². The quantitative estimate of drug-likeness (QED) is 0.643. The molecular formula is C24H32N4O3. The van der Waals surface area contributed by atoms with Gasteiger partial charge in [-0.15, -0.1) is 0 Å².